The number of nitrogens with one attached hydrogen (secondary N) is 2. The molecule has 0 bridgehead atoms. The van der Waals surface area contributed by atoms with E-state index in [1.807, 2.05) is 31.2 Å². The second-order valence-electron chi connectivity index (χ2n) is 4.83. The molecule has 0 saturated heterocycles. The lowest BCUT2D eigenvalue weighted by molar-refractivity contribution is -0.120. The number of amides is 1. The first-order valence-corrected chi connectivity index (χ1v) is 9.08. The zero-order valence-corrected chi connectivity index (χ0v) is 15.2. The lowest BCUT2D eigenvalue weighted by atomic mass is 10.2. The van der Waals surface area contributed by atoms with Crippen LogP contribution in [0.4, 0.5) is 5.13 Å². The Morgan fingerprint density at radius 2 is 2.25 bits per heavy atom. The number of hydrogen-bond acceptors (Lipinski definition) is 7. The van der Waals surface area contributed by atoms with Crippen molar-refractivity contribution in [3.63, 3.8) is 0 Å². The molecule has 2 rings (SSSR count). The van der Waals surface area contributed by atoms with Gasteiger partial charge in [-0.3, -0.25) is 4.79 Å². The van der Waals surface area contributed by atoms with Crippen LogP contribution in [-0.4, -0.2) is 35.0 Å². The number of aromatic nitrogens is 2. The molecule has 1 aromatic carbocycles. The van der Waals surface area contributed by atoms with Crippen molar-refractivity contribution in [1.29, 1.82) is 0 Å². The lowest BCUT2D eigenvalue weighted by Gasteiger charge is -2.12. The van der Waals surface area contributed by atoms with Gasteiger partial charge in [0.25, 0.3) is 0 Å². The molecule has 0 saturated carbocycles. The molecule has 8 heteroatoms. The number of thioether (sulfide) groups is 1. The Morgan fingerprint density at radius 3 is 3.00 bits per heavy atom. The summed E-state index contributed by atoms with van der Waals surface area (Å²) in [5.74, 6) is 0.710. The highest BCUT2D eigenvalue weighted by atomic mass is 32.2. The normalized spacial score (nSPS) is 11.6. The van der Waals surface area contributed by atoms with E-state index in [1.165, 1.54) is 23.1 Å². The Labute approximate surface area is 149 Å². The molecule has 1 amide bonds. The highest BCUT2D eigenvalue weighted by Crippen LogP contribution is 2.29. The maximum absolute atomic E-state index is 12.3. The van der Waals surface area contributed by atoms with Crippen LogP contribution in [0.25, 0.3) is 0 Å². The van der Waals surface area contributed by atoms with Crippen molar-refractivity contribution in [3.05, 3.63) is 42.5 Å². The van der Waals surface area contributed by atoms with Gasteiger partial charge in [-0.25, -0.2) is 0 Å². The molecule has 0 aliphatic rings. The van der Waals surface area contributed by atoms with Gasteiger partial charge in [0.1, 0.15) is 5.75 Å². The van der Waals surface area contributed by atoms with Crippen molar-refractivity contribution in [1.82, 2.24) is 15.5 Å². The SMILES string of the molecule is C=CCNc1nnc(S[C@H](C)C(=O)NCc2ccccc2OC)s1. The average molecular weight is 364 g/mol. The molecule has 0 aliphatic heterocycles. The molecule has 2 N–H and O–H groups in total. The molecule has 1 heterocycles. The molecule has 6 nitrogen and oxygen atoms in total. The summed E-state index contributed by atoms with van der Waals surface area (Å²) >= 11 is 2.81. The topological polar surface area (TPSA) is 76.1 Å². The zero-order valence-electron chi connectivity index (χ0n) is 13.6. The van der Waals surface area contributed by atoms with Crippen molar-refractivity contribution in [2.75, 3.05) is 19.0 Å². The van der Waals surface area contributed by atoms with Crippen LogP contribution >= 0.6 is 23.1 Å². The average Bonchev–Trinajstić information content (AvgIpc) is 3.05. The van der Waals surface area contributed by atoms with Crippen molar-refractivity contribution in [3.8, 4) is 5.75 Å². The molecule has 0 spiro atoms. The van der Waals surface area contributed by atoms with Gasteiger partial charge in [0.15, 0.2) is 4.34 Å². The van der Waals surface area contributed by atoms with E-state index in [2.05, 4.69) is 27.4 Å². The van der Waals surface area contributed by atoms with Crippen molar-refractivity contribution >= 4 is 34.1 Å². The largest absolute Gasteiger partial charge is 0.496 e. The van der Waals surface area contributed by atoms with E-state index in [-0.39, 0.29) is 11.2 Å². The van der Waals surface area contributed by atoms with E-state index >= 15 is 0 Å². The molecule has 2 aromatic rings. The fourth-order valence-electron chi connectivity index (χ4n) is 1.87. The quantitative estimate of drug-likeness (QED) is 0.526. The van der Waals surface area contributed by atoms with Gasteiger partial charge in [0.2, 0.25) is 11.0 Å². The number of benzene rings is 1. The molecular formula is C16H20N4O2S2. The maximum atomic E-state index is 12.3. The van der Waals surface area contributed by atoms with Crippen LogP contribution in [0, 0.1) is 0 Å². The minimum atomic E-state index is -0.264. The van der Waals surface area contributed by atoms with Crippen molar-refractivity contribution in [2.24, 2.45) is 0 Å². The number of carbonyl (C=O) groups excluding carboxylic acids is 1. The summed E-state index contributed by atoms with van der Waals surface area (Å²) in [7, 11) is 1.62. The van der Waals surface area contributed by atoms with Crippen LogP contribution < -0.4 is 15.4 Å². The third-order valence-electron chi connectivity index (χ3n) is 3.10. The number of ether oxygens (including phenoxy) is 1. The molecule has 0 unspecified atom stereocenters. The first-order valence-electron chi connectivity index (χ1n) is 7.38. The van der Waals surface area contributed by atoms with Gasteiger partial charge in [0.05, 0.1) is 12.4 Å². The molecule has 0 fully saturated rings. The fraction of sp³-hybridized carbons (Fsp3) is 0.312. The van der Waals surface area contributed by atoms with E-state index in [0.29, 0.717) is 13.1 Å². The third-order valence-corrected chi connectivity index (χ3v) is 5.16. The van der Waals surface area contributed by atoms with E-state index in [1.54, 1.807) is 13.2 Å². The summed E-state index contributed by atoms with van der Waals surface area (Å²) in [5, 5.41) is 14.6. The minimum absolute atomic E-state index is 0.0540. The van der Waals surface area contributed by atoms with E-state index < -0.39 is 0 Å². The molecular weight excluding hydrogens is 344 g/mol. The van der Waals surface area contributed by atoms with Gasteiger partial charge in [-0.15, -0.1) is 16.8 Å². The highest BCUT2D eigenvalue weighted by molar-refractivity contribution is 8.02. The second kappa shape index (κ2) is 9.29. The second-order valence-corrected chi connectivity index (χ2v) is 7.40. The monoisotopic (exact) mass is 364 g/mol. The predicted molar refractivity (Wildman–Crippen MR) is 98.8 cm³/mol. The minimum Gasteiger partial charge on any atom is -0.496 e. The van der Waals surface area contributed by atoms with Crippen LogP contribution in [0.15, 0.2) is 41.3 Å². The number of anilines is 1. The first-order chi connectivity index (χ1) is 11.6. The maximum Gasteiger partial charge on any atom is 0.233 e. The van der Waals surface area contributed by atoms with Gasteiger partial charge in [0, 0.05) is 18.7 Å². The van der Waals surface area contributed by atoms with Crippen LogP contribution in [0.1, 0.15) is 12.5 Å². The first kappa shape index (κ1) is 18.3. The molecule has 0 radical (unpaired) electrons. The fourth-order valence-corrected chi connectivity index (χ4v) is 3.80. The molecule has 1 atom stereocenters. The van der Waals surface area contributed by atoms with Crippen LogP contribution in [0.2, 0.25) is 0 Å². The van der Waals surface area contributed by atoms with Gasteiger partial charge >= 0.3 is 0 Å². The Morgan fingerprint density at radius 1 is 1.46 bits per heavy atom. The van der Waals surface area contributed by atoms with Gasteiger partial charge in [-0.05, 0) is 13.0 Å². The number of rotatable bonds is 9. The lowest BCUT2D eigenvalue weighted by Crippen LogP contribution is -2.30. The van der Waals surface area contributed by atoms with Crippen LogP contribution in [-0.2, 0) is 11.3 Å². The molecule has 1 aromatic heterocycles. The highest BCUT2D eigenvalue weighted by Gasteiger charge is 2.17. The zero-order chi connectivity index (χ0) is 17.4. The Hall–Kier alpha value is -2.06. The number of methoxy groups -OCH3 is 1. The summed E-state index contributed by atoms with van der Waals surface area (Å²) in [6.45, 7) is 6.55. The van der Waals surface area contributed by atoms with E-state index in [0.717, 1.165) is 20.8 Å². The summed E-state index contributed by atoms with van der Waals surface area (Å²) in [6, 6.07) is 7.62. The predicted octanol–water partition coefficient (Wildman–Crippen LogP) is 2.94. The van der Waals surface area contributed by atoms with Crippen molar-refractivity contribution in [2.45, 2.75) is 23.1 Å². The summed E-state index contributed by atoms with van der Waals surface area (Å²) in [6.07, 6.45) is 1.75. The number of nitrogens with zero attached hydrogens (tertiary/aromatic N) is 2. The van der Waals surface area contributed by atoms with E-state index in [9.17, 15) is 4.79 Å². The van der Waals surface area contributed by atoms with Gasteiger partial charge in [-0.2, -0.15) is 0 Å². The molecule has 128 valence electrons. The van der Waals surface area contributed by atoms with Gasteiger partial charge in [-0.1, -0.05) is 47.4 Å². The Kier molecular flexibility index (Phi) is 7.07. The third kappa shape index (κ3) is 5.24. The van der Waals surface area contributed by atoms with Crippen molar-refractivity contribution < 1.29 is 9.53 Å². The smallest absolute Gasteiger partial charge is 0.233 e. The number of carbonyl (C=O) groups is 1. The van der Waals surface area contributed by atoms with Crippen LogP contribution in [0.3, 0.4) is 0 Å². The van der Waals surface area contributed by atoms with Crippen LogP contribution in [0.5, 0.6) is 5.75 Å². The standard InChI is InChI=1S/C16H20N4O2S2/c1-4-9-17-15-19-20-16(24-15)23-11(2)14(21)18-10-12-7-5-6-8-13(12)22-3/h4-8,11H,1,9-10H2,2-3H3,(H,17,19)(H,18,21)/t11-/m1/s1. The van der Waals surface area contributed by atoms with E-state index in [4.69, 9.17) is 4.74 Å². The van der Waals surface area contributed by atoms with Gasteiger partial charge < -0.3 is 15.4 Å². The summed E-state index contributed by atoms with van der Waals surface area (Å²) in [4.78, 5) is 12.3. The number of para-hydroxylation sites is 1. The number of hydrogen-bond donors (Lipinski definition) is 2. The summed E-state index contributed by atoms with van der Waals surface area (Å²) in [5.41, 5.74) is 0.942. The molecule has 0 aliphatic carbocycles. The Bertz CT molecular complexity index is 690. The Balaban J connectivity index is 1.85. The molecule has 24 heavy (non-hydrogen) atoms. The summed E-state index contributed by atoms with van der Waals surface area (Å²) < 4.78 is 6.03.